The number of anilines is 1. The molecular weight excluding hydrogens is 480 g/mol. The SMILES string of the molecule is O=C(Nc1ccc(OC(=O)N2CCN(CCc3ccc[nH]3)CC2)cn1)c1ccc(CN2CCCCC2)cc1. The summed E-state index contributed by atoms with van der Waals surface area (Å²) in [7, 11) is 0. The first-order valence-corrected chi connectivity index (χ1v) is 13.5. The molecule has 9 heteroatoms. The molecule has 2 amide bonds. The topological polar surface area (TPSA) is 93.8 Å². The summed E-state index contributed by atoms with van der Waals surface area (Å²) in [6.45, 7) is 7.06. The minimum atomic E-state index is -0.378. The van der Waals surface area contributed by atoms with Gasteiger partial charge in [-0.15, -0.1) is 0 Å². The average Bonchev–Trinajstić information content (AvgIpc) is 3.48. The number of carbonyl (C=O) groups is 2. The Morgan fingerprint density at radius 2 is 1.68 bits per heavy atom. The number of benzene rings is 1. The van der Waals surface area contributed by atoms with E-state index in [1.807, 2.05) is 36.5 Å². The number of piperazine rings is 1. The molecule has 2 N–H and O–H groups in total. The monoisotopic (exact) mass is 516 g/mol. The number of carbonyl (C=O) groups excluding carboxylic acids is 2. The number of likely N-dealkylation sites (tertiary alicyclic amines) is 1. The number of aromatic amines is 1. The van der Waals surface area contributed by atoms with Gasteiger partial charge in [-0.1, -0.05) is 18.6 Å². The molecular formula is C29H36N6O3. The molecule has 38 heavy (non-hydrogen) atoms. The van der Waals surface area contributed by atoms with Crippen LogP contribution in [0.4, 0.5) is 10.6 Å². The maximum Gasteiger partial charge on any atom is 0.415 e. The van der Waals surface area contributed by atoms with Crippen LogP contribution >= 0.6 is 0 Å². The quantitative estimate of drug-likeness (QED) is 0.470. The molecule has 2 fully saturated rings. The molecule has 2 aromatic heterocycles. The van der Waals surface area contributed by atoms with Crippen molar-refractivity contribution in [2.75, 3.05) is 51.1 Å². The Morgan fingerprint density at radius 1 is 0.895 bits per heavy atom. The Morgan fingerprint density at radius 3 is 2.37 bits per heavy atom. The van der Waals surface area contributed by atoms with Crippen LogP contribution in [0, 0.1) is 0 Å². The number of nitrogens with one attached hydrogen (secondary N) is 2. The molecule has 2 aliphatic rings. The summed E-state index contributed by atoms with van der Waals surface area (Å²) in [4.78, 5) is 39.3. The maximum absolute atomic E-state index is 12.7. The van der Waals surface area contributed by atoms with Crippen LogP contribution in [-0.4, -0.2) is 82.5 Å². The van der Waals surface area contributed by atoms with Crippen LogP contribution in [0.3, 0.4) is 0 Å². The van der Waals surface area contributed by atoms with Gasteiger partial charge in [0.2, 0.25) is 0 Å². The minimum absolute atomic E-state index is 0.221. The zero-order valence-electron chi connectivity index (χ0n) is 21.8. The second kappa shape index (κ2) is 12.7. The van der Waals surface area contributed by atoms with Crippen molar-refractivity contribution < 1.29 is 14.3 Å². The lowest BCUT2D eigenvalue weighted by atomic mass is 10.1. The van der Waals surface area contributed by atoms with Gasteiger partial charge < -0.3 is 19.9 Å². The van der Waals surface area contributed by atoms with E-state index in [1.54, 1.807) is 17.0 Å². The van der Waals surface area contributed by atoms with Gasteiger partial charge in [-0.05, 0) is 67.9 Å². The molecule has 2 saturated heterocycles. The number of H-pyrrole nitrogens is 1. The van der Waals surface area contributed by atoms with Gasteiger partial charge in [-0.3, -0.25) is 14.6 Å². The second-order valence-electron chi connectivity index (χ2n) is 10.0. The first-order valence-electron chi connectivity index (χ1n) is 13.5. The van der Waals surface area contributed by atoms with Gasteiger partial charge in [0.1, 0.15) is 5.82 Å². The van der Waals surface area contributed by atoms with Crippen molar-refractivity contribution in [1.29, 1.82) is 0 Å². The summed E-state index contributed by atoms with van der Waals surface area (Å²) in [6, 6.07) is 15.1. The lowest BCUT2D eigenvalue weighted by Crippen LogP contribution is -2.49. The van der Waals surface area contributed by atoms with Gasteiger partial charge in [-0.25, -0.2) is 9.78 Å². The lowest BCUT2D eigenvalue weighted by Gasteiger charge is -2.33. The van der Waals surface area contributed by atoms with Crippen LogP contribution in [0.2, 0.25) is 0 Å². The smallest absolute Gasteiger partial charge is 0.409 e. The Labute approximate surface area is 223 Å². The Bertz CT molecular complexity index is 1170. The molecule has 5 rings (SSSR count). The van der Waals surface area contributed by atoms with Gasteiger partial charge in [0.05, 0.1) is 6.20 Å². The van der Waals surface area contributed by atoms with E-state index in [4.69, 9.17) is 4.74 Å². The van der Waals surface area contributed by atoms with Gasteiger partial charge >= 0.3 is 6.09 Å². The standard InChI is InChI=1S/C29H36N6O3/c36-28(24-8-6-23(7-9-24)22-34-14-2-1-3-15-34)32-27-11-10-26(21-31-27)38-29(37)35-19-17-33(18-20-35)16-12-25-5-4-13-30-25/h4-11,13,21,30H,1-3,12,14-20,22H2,(H,31,32,36). The number of hydrogen-bond acceptors (Lipinski definition) is 6. The molecule has 200 valence electrons. The largest absolute Gasteiger partial charge is 0.415 e. The first kappa shape index (κ1) is 25.9. The predicted molar refractivity (Wildman–Crippen MR) is 146 cm³/mol. The van der Waals surface area contributed by atoms with Gasteiger partial charge in [-0.2, -0.15) is 0 Å². The fraction of sp³-hybridized carbons (Fsp3) is 0.414. The van der Waals surface area contributed by atoms with Crippen molar-refractivity contribution in [1.82, 2.24) is 24.7 Å². The van der Waals surface area contributed by atoms with Crippen LogP contribution in [0.1, 0.15) is 40.9 Å². The Hall–Kier alpha value is -3.69. The van der Waals surface area contributed by atoms with Crippen molar-refractivity contribution in [3.63, 3.8) is 0 Å². The van der Waals surface area contributed by atoms with Crippen LogP contribution in [-0.2, 0) is 13.0 Å². The number of nitrogens with zero attached hydrogens (tertiary/aromatic N) is 4. The molecule has 2 aliphatic heterocycles. The van der Waals surface area contributed by atoms with Crippen LogP contribution in [0.5, 0.6) is 5.75 Å². The molecule has 1 aromatic carbocycles. The number of piperidine rings is 1. The minimum Gasteiger partial charge on any atom is -0.409 e. The normalized spacial score (nSPS) is 16.8. The summed E-state index contributed by atoms with van der Waals surface area (Å²) >= 11 is 0. The number of hydrogen-bond donors (Lipinski definition) is 2. The summed E-state index contributed by atoms with van der Waals surface area (Å²) < 4.78 is 5.51. The zero-order chi connectivity index (χ0) is 26.2. The van der Waals surface area contributed by atoms with E-state index < -0.39 is 0 Å². The van der Waals surface area contributed by atoms with Crippen molar-refractivity contribution in [2.24, 2.45) is 0 Å². The molecule has 0 unspecified atom stereocenters. The number of ether oxygens (including phenoxy) is 1. The van der Waals surface area contributed by atoms with Crippen LogP contribution in [0.25, 0.3) is 0 Å². The van der Waals surface area contributed by atoms with Crippen molar-refractivity contribution in [3.8, 4) is 5.75 Å². The predicted octanol–water partition coefficient (Wildman–Crippen LogP) is 4.01. The van der Waals surface area contributed by atoms with E-state index >= 15 is 0 Å². The molecule has 9 nitrogen and oxygen atoms in total. The van der Waals surface area contributed by atoms with Crippen molar-refractivity contribution >= 4 is 17.8 Å². The van der Waals surface area contributed by atoms with Gasteiger partial charge in [0.25, 0.3) is 5.91 Å². The molecule has 0 saturated carbocycles. The van der Waals surface area contributed by atoms with Crippen LogP contribution < -0.4 is 10.1 Å². The van der Waals surface area contributed by atoms with E-state index in [0.29, 0.717) is 30.2 Å². The summed E-state index contributed by atoms with van der Waals surface area (Å²) in [5, 5.41) is 2.81. The Balaban J connectivity index is 1.05. The summed E-state index contributed by atoms with van der Waals surface area (Å²) in [6.07, 6.45) is 7.83. The number of rotatable bonds is 8. The maximum atomic E-state index is 12.7. The number of amides is 2. The summed E-state index contributed by atoms with van der Waals surface area (Å²) in [5.41, 5.74) is 3.02. The van der Waals surface area contributed by atoms with Gasteiger partial charge in [0.15, 0.2) is 5.75 Å². The van der Waals surface area contributed by atoms with E-state index in [-0.39, 0.29) is 12.0 Å². The van der Waals surface area contributed by atoms with E-state index in [1.165, 1.54) is 36.7 Å². The number of pyridine rings is 1. The second-order valence-corrected chi connectivity index (χ2v) is 10.0. The van der Waals surface area contributed by atoms with E-state index in [9.17, 15) is 9.59 Å². The van der Waals surface area contributed by atoms with E-state index in [0.717, 1.165) is 45.7 Å². The highest BCUT2D eigenvalue weighted by molar-refractivity contribution is 6.03. The molecule has 0 spiro atoms. The molecule has 4 heterocycles. The van der Waals surface area contributed by atoms with E-state index in [2.05, 4.69) is 31.2 Å². The first-order chi connectivity index (χ1) is 18.6. The number of aromatic nitrogens is 2. The fourth-order valence-corrected chi connectivity index (χ4v) is 4.96. The molecule has 0 radical (unpaired) electrons. The molecule has 0 atom stereocenters. The Kier molecular flexibility index (Phi) is 8.67. The highest BCUT2D eigenvalue weighted by Crippen LogP contribution is 2.17. The fourth-order valence-electron chi connectivity index (χ4n) is 4.96. The molecule has 0 bridgehead atoms. The third-order valence-corrected chi connectivity index (χ3v) is 7.24. The van der Waals surface area contributed by atoms with Crippen molar-refractivity contribution in [2.45, 2.75) is 32.2 Å². The summed E-state index contributed by atoms with van der Waals surface area (Å²) in [5.74, 6) is 0.535. The third kappa shape index (κ3) is 7.20. The van der Waals surface area contributed by atoms with Crippen LogP contribution in [0.15, 0.2) is 60.9 Å². The molecule has 0 aliphatic carbocycles. The third-order valence-electron chi connectivity index (χ3n) is 7.24. The van der Waals surface area contributed by atoms with Crippen molar-refractivity contribution in [3.05, 3.63) is 77.7 Å². The highest BCUT2D eigenvalue weighted by Gasteiger charge is 2.22. The van der Waals surface area contributed by atoms with Gasteiger partial charge in [0, 0.05) is 63.1 Å². The molecule has 3 aromatic rings. The lowest BCUT2D eigenvalue weighted by molar-refractivity contribution is 0.102. The average molecular weight is 517 g/mol. The zero-order valence-corrected chi connectivity index (χ0v) is 21.8. The highest BCUT2D eigenvalue weighted by atomic mass is 16.6.